The minimum atomic E-state index is -2.45. The molecule has 0 aromatic rings. The lowest BCUT2D eigenvalue weighted by atomic mass is 9.78. The number of esters is 1. The summed E-state index contributed by atoms with van der Waals surface area (Å²) in [6.07, 6.45) is 15.8. The largest absolute Gasteiger partial charge is 0.460 e. The van der Waals surface area contributed by atoms with Crippen LogP contribution in [0.25, 0.3) is 0 Å². The van der Waals surface area contributed by atoms with Crippen molar-refractivity contribution < 1.29 is 67.4 Å². The second kappa shape index (κ2) is 28.9. The molecule has 0 aromatic carbocycles. The number of aliphatic hydroxyl groups is 2. The SMILES string of the molecule is COC1CC2CC[C@@H](C)[C@@](O)(O2)C(=O)C(=O)N2CCCC[C@H]2C(=O)OC(C(C)CC2CC[C@@H](OC(=O)NC3CCCCC3)C(OC)C2)CC(=O)C(C)/C=C(\C)[C@@H](O)C(OC)C(=O)[C@H](C)CC(C)\C=C/C=C/C=C/1C. The van der Waals surface area contributed by atoms with Crippen molar-refractivity contribution in [3.63, 3.8) is 0 Å². The summed E-state index contributed by atoms with van der Waals surface area (Å²) in [6.45, 7) is 12.7. The average molecular weight is 1040 g/mol. The van der Waals surface area contributed by atoms with Crippen molar-refractivity contribution in [2.45, 2.75) is 218 Å². The molecule has 0 radical (unpaired) electrons. The molecule has 0 aromatic heterocycles. The Balaban J connectivity index is 1.42. The van der Waals surface area contributed by atoms with E-state index < -0.39 is 90.0 Å². The van der Waals surface area contributed by atoms with Gasteiger partial charge in [-0.15, -0.1) is 0 Å². The van der Waals surface area contributed by atoms with Crippen LogP contribution in [0.4, 0.5) is 4.79 Å². The van der Waals surface area contributed by atoms with Gasteiger partial charge in [-0.25, -0.2) is 9.59 Å². The summed E-state index contributed by atoms with van der Waals surface area (Å²) in [4.78, 5) is 85.6. The first-order valence-corrected chi connectivity index (χ1v) is 27.7. The van der Waals surface area contributed by atoms with E-state index in [1.807, 2.05) is 58.1 Å². The second-order valence-corrected chi connectivity index (χ2v) is 22.4. The van der Waals surface area contributed by atoms with Crippen molar-refractivity contribution in [1.82, 2.24) is 10.2 Å². The third-order valence-corrected chi connectivity index (χ3v) is 16.6. The van der Waals surface area contributed by atoms with E-state index in [1.54, 1.807) is 41.1 Å². The number of cyclic esters (lactones) is 1. The Kier molecular flexibility index (Phi) is 23.7. The molecule has 3 N–H and O–H groups in total. The first-order valence-electron chi connectivity index (χ1n) is 27.7. The fourth-order valence-corrected chi connectivity index (χ4v) is 11.8. The van der Waals surface area contributed by atoms with E-state index in [2.05, 4.69) is 5.32 Å². The van der Waals surface area contributed by atoms with Crippen molar-refractivity contribution in [1.29, 1.82) is 0 Å². The first-order chi connectivity index (χ1) is 35.2. The van der Waals surface area contributed by atoms with Gasteiger partial charge in [-0.1, -0.05) is 90.3 Å². The molecule has 16 nitrogen and oxygen atoms in total. The van der Waals surface area contributed by atoms with Crippen LogP contribution in [0.2, 0.25) is 0 Å². The van der Waals surface area contributed by atoms with E-state index in [4.69, 9.17) is 28.4 Å². The minimum absolute atomic E-state index is 0.00843. The molecule has 2 saturated carbocycles. The van der Waals surface area contributed by atoms with Crippen molar-refractivity contribution in [2.75, 3.05) is 27.9 Å². The number of aliphatic hydroxyl groups excluding tert-OH is 1. The zero-order valence-electron chi connectivity index (χ0n) is 46.1. The van der Waals surface area contributed by atoms with Gasteiger partial charge in [0, 0.05) is 64.5 Å². The van der Waals surface area contributed by atoms with Crippen LogP contribution < -0.4 is 5.32 Å². The molecule has 0 spiro atoms. The summed E-state index contributed by atoms with van der Waals surface area (Å²) in [6, 6.07) is -1.06. The molecule has 4 fully saturated rings. The number of carbonyl (C=O) groups excluding carboxylic acids is 6. The molecular weight excluding hydrogens is 949 g/mol. The van der Waals surface area contributed by atoms with Gasteiger partial charge in [0.1, 0.15) is 36.2 Å². The highest BCUT2D eigenvalue weighted by Gasteiger charge is 2.53. The van der Waals surface area contributed by atoms with Crippen molar-refractivity contribution in [2.24, 2.45) is 35.5 Å². The Morgan fingerprint density at radius 2 is 1.54 bits per heavy atom. The lowest BCUT2D eigenvalue weighted by Gasteiger charge is -2.42. The highest BCUT2D eigenvalue weighted by atomic mass is 16.6. The van der Waals surface area contributed by atoms with Crippen LogP contribution in [0.5, 0.6) is 0 Å². The summed E-state index contributed by atoms with van der Waals surface area (Å²) in [5.41, 5.74) is 1.25. The van der Waals surface area contributed by atoms with E-state index in [9.17, 15) is 39.0 Å². The number of hydrogen-bond acceptors (Lipinski definition) is 14. The average Bonchev–Trinajstić information content (AvgIpc) is 3.38. The monoisotopic (exact) mass is 1040 g/mol. The molecule has 9 unspecified atom stereocenters. The standard InChI is InChI=1S/C58H90N2O14/c1-35-19-13-11-14-20-36(2)48(69-8)33-44-26-24-41(7)58(68,74-44)54(64)55(65)60-28-18-17-23-45(60)56(66)72-49(34-46(61)37(3)30-40(6)52(63)53(71-10)51(62)39(5)29-35)38(4)31-42-25-27-47(50(32-42)70-9)73-57(67)59-43-21-15-12-16-22-43/h11,13-14,19-20,30,35,37-39,41-45,47-50,52-53,63,68H,12,15-18,21-29,31-34H2,1-10H3,(H,59,67)/b14-11+,19-13-,36-20+,40-30+/t35?,37?,38?,39-,41-,42?,44?,45+,47-,48?,49?,50?,52-,53?,58-/m1/s1. The number of allylic oxidation sites excluding steroid dienone is 6. The first kappa shape index (κ1) is 60.8. The fraction of sp³-hybridized carbons (Fsp3) is 0.759. The predicted molar refractivity (Wildman–Crippen MR) is 279 cm³/mol. The maximum atomic E-state index is 14.6. The normalized spacial score (nSPS) is 38.3. The van der Waals surface area contributed by atoms with Crippen LogP contribution in [0.3, 0.4) is 0 Å². The number of nitrogens with one attached hydrogen (secondary N) is 1. The summed E-state index contributed by atoms with van der Waals surface area (Å²) >= 11 is 0. The van der Waals surface area contributed by atoms with Gasteiger partial charge < -0.3 is 48.9 Å². The van der Waals surface area contributed by atoms with Crippen LogP contribution in [0, 0.1) is 35.5 Å². The number of amides is 2. The Hall–Kier alpha value is -4.06. The van der Waals surface area contributed by atoms with Gasteiger partial charge in [0.25, 0.3) is 11.7 Å². The molecule has 2 bridgehead atoms. The number of ketones is 3. The highest BCUT2D eigenvalue weighted by Crippen LogP contribution is 2.38. The van der Waals surface area contributed by atoms with Gasteiger partial charge >= 0.3 is 12.1 Å². The molecule has 3 heterocycles. The van der Waals surface area contributed by atoms with E-state index in [1.165, 1.54) is 18.4 Å². The Morgan fingerprint density at radius 3 is 2.23 bits per heavy atom. The summed E-state index contributed by atoms with van der Waals surface area (Å²) in [5.74, 6) is -8.19. The maximum absolute atomic E-state index is 14.6. The molecule has 2 saturated heterocycles. The zero-order valence-corrected chi connectivity index (χ0v) is 46.1. The van der Waals surface area contributed by atoms with Gasteiger partial charge in [0.15, 0.2) is 5.78 Å². The van der Waals surface area contributed by atoms with Crippen molar-refractivity contribution in [3.05, 3.63) is 47.6 Å². The number of Topliss-reactive ketones (excluding diaryl/α,β-unsaturated/α-hetero) is 3. The molecule has 5 rings (SSSR count). The van der Waals surface area contributed by atoms with Crippen LogP contribution in [0.15, 0.2) is 47.6 Å². The van der Waals surface area contributed by atoms with Crippen LogP contribution in [-0.4, -0.2) is 139 Å². The predicted octanol–water partition coefficient (Wildman–Crippen LogP) is 8.25. The van der Waals surface area contributed by atoms with Gasteiger partial charge in [-0.05, 0) is 120 Å². The number of rotatable bonds is 8. The van der Waals surface area contributed by atoms with E-state index in [-0.39, 0.29) is 60.9 Å². The third-order valence-electron chi connectivity index (χ3n) is 16.6. The second-order valence-electron chi connectivity index (χ2n) is 22.4. The topological polar surface area (TPSA) is 214 Å². The molecular formula is C58H90N2O14. The van der Waals surface area contributed by atoms with Gasteiger partial charge in [0.2, 0.25) is 5.79 Å². The zero-order chi connectivity index (χ0) is 54.3. The van der Waals surface area contributed by atoms with E-state index in [0.29, 0.717) is 69.8 Å². The molecule has 416 valence electrons. The van der Waals surface area contributed by atoms with Gasteiger partial charge in [0.05, 0.1) is 18.3 Å². The molecule has 5 aliphatic rings. The molecule has 2 amide bonds. The molecule has 16 heteroatoms. The molecule has 3 aliphatic heterocycles. The molecule has 74 heavy (non-hydrogen) atoms. The quantitative estimate of drug-likeness (QED) is 0.119. The van der Waals surface area contributed by atoms with Crippen LogP contribution in [0.1, 0.15) is 158 Å². The minimum Gasteiger partial charge on any atom is -0.460 e. The number of ether oxygens (including phenoxy) is 6. The van der Waals surface area contributed by atoms with Crippen LogP contribution >= 0.6 is 0 Å². The lowest BCUT2D eigenvalue weighted by molar-refractivity contribution is -0.265. The van der Waals surface area contributed by atoms with Crippen LogP contribution in [-0.2, 0) is 52.4 Å². The number of carbonyl (C=O) groups is 6. The summed E-state index contributed by atoms with van der Waals surface area (Å²) in [7, 11) is 4.56. The molecule has 2 aliphatic carbocycles. The molecule has 15 atom stereocenters. The Labute approximate surface area is 440 Å². The number of hydrogen-bond donors (Lipinski definition) is 3. The fourth-order valence-electron chi connectivity index (χ4n) is 11.8. The van der Waals surface area contributed by atoms with E-state index in [0.717, 1.165) is 31.3 Å². The van der Waals surface area contributed by atoms with Crippen molar-refractivity contribution in [3.8, 4) is 0 Å². The Morgan fingerprint density at radius 1 is 0.824 bits per heavy atom. The van der Waals surface area contributed by atoms with Gasteiger partial charge in [-0.3, -0.25) is 19.2 Å². The Bertz CT molecular complexity index is 2030. The van der Waals surface area contributed by atoms with Crippen molar-refractivity contribution >= 4 is 35.3 Å². The number of piperidine rings is 1. The summed E-state index contributed by atoms with van der Waals surface area (Å²) in [5, 5.41) is 26.6. The smallest absolute Gasteiger partial charge is 0.407 e. The van der Waals surface area contributed by atoms with Gasteiger partial charge in [-0.2, -0.15) is 0 Å². The lowest BCUT2D eigenvalue weighted by Crippen LogP contribution is -2.61. The summed E-state index contributed by atoms with van der Waals surface area (Å²) < 4.78 is 35.8. The number of nitrogens with zero attached hydrogens (tertiary/aromatic N) is 1. The maximum Gasteiger partial charge on any atom is 0.407 e. The number of fused-ring (bicyclic) bond motifs is 3. The number of alkyl carbamates (subject to hydrolysis) is 1. The third kappa shape index (κ3) is 16.5. The number of methoxy groups -OCH3 is 3. The highest BCUT2D eigenvalue weighted by molar-refractivity contribution is 6.39. The van der Waals surface area contributed by atoms with E-state index >= 15 is 0 Å².